The molecule has 0 heterocycles. The monoisotopic (exact) mass is 246 g/mol. The molecular weight excluding hydrogens is 236 g/mol. The van der Waals surface area contributed by atoms with Crippen molar-refractivity contribution in [2.24, 2.45) is 0 Å². The number of halogens is 1. The summed E-state index contributed by atoms with van der Waals surface area (Å²) in [6, 6.07) is 4.52. The molecular formula is C10H11ClO3S. The maximum Gasteiger partial charge on any atom is 0.175 e. The zero-order valence-corrected chi connectivity index (χ0v) is 9.81. The second kappa shape index (κ2) is 4.77. The summed E-state index contributed by atoms with van der Waals surface area (Å²) in [5, 5.41) is 0.490. The molecule has 1 aromatic carbocycles. The van der Waals surface area contributed by atoms with Crippen LogP contribution in [-0.2, 0) is 21.1 Å². The van der Waals surface area contributed by atoms with Gasteiger partial charge in [0.2, 0.25) is 0 Å². The maximum absolute atomic E-state index is 11.3. The van der Waals surface area contributed by atoms with Gasteiger partial charge in [-0.25, -0.2) is 8.42 Å². The molecule has 1 rings (SSSR count). The second-order valence-corrected chi connectivity index (χ2v) is 5.65. The zero-order valence-electron chi connectivity index (χ0n) is 8.23. The minimum absolute atomic E-state index is 0.229. The van der Waals surface area contributed by atoms with Crippen LogP contribution < -0.4 is 0 Å². The van der Waals surface area contributed by atoms with Crippen LogP contribution in [0.2, 0.25) is 5.02 Å². The van der Waals surface area contributed by atoms with Crippen molar-refractivity contribution in [2.45, 2.75) is 17.7 Å². The van der Waals surface area contributed by atoms with Crippen LogP contribution in [0.25, 0.3) is 0 Å². The van der Waals surface area contributed by atoms with E-state index in [0.717, 1.165) is 12.5 Å². The molecule has 0 saturated carbocycles. The summed E-state index contributed by atoms with van der Waals surface area (Å²) in [6.45, 7) is 0. The fourth-order valence-corrected chi connectivity index (χ4v) is 2.07. The van der Waals surface area contributed by atoms with Crippen LogP contribution in [0.5, 0.6) is 0 Å². The van der Waals surface area contributed by atoms with E-state index in [2.05, 4.69) is 0 Å². The maximum atomic E-state index is 11.3. The van der Waals surface area contributed by atoms with Crippen molar-refractivity contribution < 1.29 is 13.2 Å². The number of aldehydes is 1. The van der Waals surface area contributed by atoms with Gasteiger partial charge in [-0.3, -0.25) is 0 Å². The van der Waals surface area contributed by atoms with Gasteiger partial charge in [0.25, 0.3) is 0 Å². The first-order chi connectivity index (χ1) is 6.95. The first-order valence-electron chi connectivity index (χ1n) is 4.37. The molecule has 0 atom stereocenters. The Hall–Kier alpha value is -0.870. The lowest BCUT2D eigenvalue weighted by Gasteiger charge is -2.04. The second-order valence-electron chi connectivity index (χ2n) is 3.23. The minimum Gasteiger partial charge on any atom is -0.303 e. The van der Waals surface area contributed by atoms with Crippen molar-refractivity contribution in [3.63, 3.8) is 0 Å². The number of hydrogen-bond donors (Lipinski definition) is 0. The van der Waals surface area contributed by atoms with Crippen LogP contribution in [-0.4, -0.2) is 21.0 Å². The van der Waals surface area contributed by atoms with E-state index in [-0.39, 0.29) is 4.90 Å². The van der Waals surface area contributed by atoms with E-state index < -0.39 is 9.84 Å². The molecule has 3 nitrogen and oxygen atoms in total. The van der Waals surface area contributed by atoms with Crippen LogP contribution >= 0.6 is 11.6 Å². The number of carbonyl (C=O) groups excluding carboxylic acids is 1. The van der Waals surface area contributed by atoms with Crippen molar-refractivity contribution >= 4 is 27.7 Å². The number of rotatable bonds is 4. The molecule has 0 radical (unpaired) electrons. The molecule has 0 amide bonds. The van der Waals surface area contributed by atoms with Gasteiger partial charge in [-0.15, -0.1) is 0 Å². The summed E-state index contributed by atoms with van der Waals surface area (Å²) >= 11 is 5.87. The van der Waals surface area contributed by atoms with E-state index in [1.165, 1.54) is 18.2 Å². The third-order valence-corrected chi connectivity index (χ3v) is 3.46. The Morgan fingerprint density at radius 3 is 2.60 bits per heavy atom. The Morgan fingerprint density at radius 1 is 1.40 bits per heavy atom. The predicted octanol–water partition coefficient (Wildman–Crippen LogP) is 1.88. The van der Waals surface area contributed by atoms with Gasteiger partial charge in [-0.2, -0.15) is 0 Å². The fraction of sp³-hybridized carbons (Fsp3) is 0.300. The number of aryl methyl sites for hydroxylation is 1. The van der Waals surface area contributed by atoms with Crippen LogP contribution in [0.15, 0.2) is 23.1 Å². The molecule has 0 aliphatic rings. The van der Waals surface area contributed by atoms with Crippen molar-refractivity contribution in [3.05, 3.63) is 28.8 Å². The first kappa shape index (κ1) is 12.2. The highest BCUT2D eigenvalue weighted by atomic mass is 35.5. The number of carbonyl (C=O) groups is 1. The molecule has 0 N–H and O–H groups in total. The van der Waals surface area contributed by atoms with Gasteiger partial charge in [0, 0.05) is 17.7 Å². The van der Waals surface area contributed by atoms with Gasteiger partial charge in [-0.05, 0) is 30.2 Å². The highest BCUT2D eigenvalue weighted by molar-refractivity contribution is 7.90. The normalized spacial score (nSPS) is 11.3. The van der Waals surface area contributed by atoms with Crippen molar-refractivity contribution in [1.29, 1.82) is 0 Å². The smallest absolute Gasteiger partial charge is 0.175 e. The molecule has 0 aromatic heterocycles. The van der Waals surface area contributed by atoms with Crippen LogP contribution in [0, 0.1) is 0 Å². The van der Waals surface area contributed by atoms with Gasteiger partial charge >= 0.3 is 0 Å². The molecule has 0 fully saturated rings. The topological polar surface area (TPSA) is 51.2 Å². The molecule has 0 saturated heterocycles. The molecule has 0 spiro atoms. The van der Waals surface area contributed by atoms with Crippen molar-refractivity contribution in [2.75, 3.05) is 6.26 Å². The summed E-state index contributed by atoms with van der Waals surface area (Å²) in [5.41, 5.74) is 0.687. The quantitative estimate of drug-likeness (QED) is 0.763. The average Bonchev–Trinajstić information content (AvgIpc) is 2.15. The lowest BCUT2D eigenvalue weighted by molar-refractivity contribution is -0.107. The summed E-state index contributed by atoms with van der Waals surface area (Å²) < 4.78 is 22.5. The molecule has 0 aliphatic carbocycles. The SMILES string of the molecule is CS(=O)(=O)c1ccc(Cl)c(CCC=O)c1. The van der Waals surface area contributed by atoms with E-state index in [1.807, 2.05) is 0 Å². The van der Waals surface area contributed by atoms with Gasteiger partial charge < -0.3 is 4.79 Å². The Morgan fingerprint density at radius 2 is 2.07 bits per heavy atom. The Balaban J connectivity index is 3.11. The van der Waals surface area contributed by atoms with E-state index in [4.69, 9.17) is 11.6 Å². The standard InChI is InChI=1S/C10H11ClO3S/c1-15(13,14)9-4-5-10(11)8(7-9)3-2-6-12/h4-7H,2-3H2,1H3. The first-order valence-corrected chi connectivity index (χ1v) is 6.64. The molecule has 0 bridgehead atoms. The van der Waals surface area contributed by atoms with E-state index in [1.54, 1.807) is 0 Å². The largest absolute Gasteiger partial charge is 0.303 e. The van der Waals surface area contributed by atoms with Crippen molar-refractivity contribution in [3.8, 4) is 0 Å². The number of hydrogen-bond acceptors (Lipinski definition) is 3. The lowest BCUT2D eigenvalue weighted by atomic mass is 10.1. The Kier molecular flexibility index (Phi) is 3.88. The Labute approximate surface area is 94.0 Å². The van der Waals surface area contributed by atoms with Gasteiger partial charge in [0.15, 0.2) is 9.84 Å². The van der Waals surface area contributed by atoms with Crippen molar-refractivity contribution in [1.82, 2.24) is 0 Å². The van der Waals surface area contributed by atoms with E-state index in [9.17, 15) is 13.2 Å². The third kappa shape index (κ3) is 3.32. The Bertz CT molecular complexity index is 466. The third-order valence-electron chi connectivity index (χ3n) is 1.98. The molecule has 1 aromatic rings. The predicted molar refractivity (Wildman–Crippen MR) is 58.9 cm³/mol. The van der Waals surface area contributed by atoms with E-state index in [0.29, 0.717) is 23.4 Å². The van der Waals surface area contributed by atoms with Crippen LogP contribution in [0.3, 0.4) is 0 Å². The molecule has 82 valence electrons. The molecule has 15 heavy (non-hydrogen) atoms. The molecule has 0 aliphatic heterocycles. The summed E-state index contributed by atoms with van der Waals surface area (Å²) in [6.07, 6.45) is 2.72. The highest BCUT2D eigenvalue weighted by Crippen LogP contribution is 2.21. The average molecular weight is 247 g/mol. The minimum atomic E-state index is -3.21. The summed E-state index contributed by atoms with van der Waals surface area (Å²) in [4.78, 5) is 10.4. The fourth-order valence-electron chi connectivity index (χ4n) is 1.19. The van der Waals surface area contributed by atoms with Crippen LogP contribution in [0.4, 0.5) is 0 Å². The van der Waals surface area contributed by atoms with Crippen LogP contribution in [0.1, 0.15) is 12.0 Å². The highest BCUT2D eigenvalue weighted by Gasteiger charge is 2.09. The van der Waals surface area contributed by atoms with Gasteiger partial charge in [-0.1, -0.05) is 11.6 Å². The lowest BCUT2D eigenvalue weighted by Crippen LogP contribution is -1.99. The summed E-state index contributed by atoms with van der Waals surface area (Å²) in [7, 11) is -3.21. The molecule has 5 heteroatoms. The zero-order chi connectivity index (χ0) is 11.5. The van der Waals surface area contributed by atoms with Gasteiger partial charge in [0.05, 0.1) is 4.90 Å². The molecule has 0 unspecified atom stereocenters. The number of benzene rings is 1. The van der Waals surface area contributed by atoms with Gasteiger partial charge in [0.1, 0.15) is 6.29 Å². The number of sulfone groups is 1. The van der Waals surface area contributed by atoms with E-state index >= 15 is 0 Å². The summed E-state index contributed by atoms with van der Waals surface area (Å²) in [5.74, 6) is 0.